The van der Waals surface area contributed by atoms with E-state index in [1.54, 1.807) is 11.0 Å². The number of aromatic nitrogens is 3. The van der Waals surface area contributed by atoms with E-state index in [0.717, 1.165) is 24.2 Å². The molecule has 1 saturated heterocycles. The first-order chi connectivity index (χ1) is 10.1. The molecule has 0 saturated carbocycles. The lowest BCUT2D eigenvalue weighted by Gasteiger charge is -2.32. The van der Waals surface area contributed by atoms with Crippen molar-refractivity contribution < 1.29 is 4.79 Å². The number of carbonyl (C=O) groups is 1. The van der Waals surface area contributed by atoms with Crippen molar-refractivity contribution in [3.63, 3.8) is 0 Å². The smallest absolute Gasteiger partial charge is 0.220 e. The molecular weight excluding hydrogens is 264 g/mol. The number of rotatable bonds is 4. The fourth-order valence-corrected chi connectivity index (χ4v) is 2.89. The number of amides is 1. The van der Waals surface area contributed by atoms with E-state index in [2.05, 4.69) is 29.4 Å². The monoisotopic (exact) mass is 284 g/mol. The summed E-state index contributed by atoms with van der Waals surface area (Å²) in [5.74, 6) is 0.505. The third-order valence-electron chi connectivity index (χ3n) is 4.31. The summed E-state index contributed by atoms with van der Waals surface area (Å²) in [6, 6.07) is 9.84. The lowest BCUT2D eigenvalue weighted by molar-refractivity contribution is -0.120. The second-order valence-corrected chi connectivity index (χ2v) is 6.00. The maximum atomic E-state index is 11.6. The second kappa shape index (κ2) is 5.31. The van der Waals surface area contributed by atoms with Gasteiger partial charge in [-0.1, -0.05) is 32.0 Å². The average Bonchev–Trinajstić information content (AvgIpc) is 3.08. The Morgan fingerprint density at radius 2 is 2.10 bits per heavy atom. The van der Waals surface area contributed by atoms with Crippen LogP contribution in [0.15, 0.2) is 36.5 Å². The van der Waals surface area contributed by atoms with Gasteiger partial charge in [0.1, 0.15) is 0 Å². The fourth-order valence-electron chi connectivity index (χ4n) is 2.89. The van der Waals surface area contributed by atoms with Crippen molar-refractivity contribution in [1.82, 2.24) is 20.3 Å². The number of para-hydroxylation sites is 1. The molecule has 1 aliphatic rings. The molecule has 0 bridgehead atoms. The highest BCUT2D eigenvalue weighted by Gasteiger charge is 2.41. The van der Waals surface area contributed by atoms with E-state index in [4.69, 9.17) is 0 Å². The van der Waals surface area contributed by atoms with Gasteiger partial charge in [-0.25, -0.2) is 0 Å². The highest BCUT2D eigenvalue weighted by Crippen LogP contribution is 2.31. The Balaban J connectivity index is 1.82. The van der Waals surface area contributed by atoms with Crippen molar-refractivity contribution in [1.29, 1.82) is 0 Å². The van der Waals surface area contributed by atoms with E-state index in [0.29, 0.717) is 12.3 Å². The molecule has 21 heavy (non-hydrogen) atoms. The van der Waals surface area contributed by atoms with Gasteiger partial charge < -0.3 is 5.32 Å². The normalized spacial score (nSPS) is 21.8. The number of hydrogen-bond acceptors (Lipinski definition) is 3. The van der Waals surface area contributed by atoms with Crippen LogP contribution in [0.3, 0.4) is 0 Å². The number of nitrogens with zero attached hydrogens (tertiary/aromatic N) is 3. The van der Waals surface area contributed by atoms with Gasteiger partial charge in [-0.3, -0.25) is 4.79 Å². The SMILES string of the molecule is CC(C)C1(Cc2cnn(-c3ccccc3)n2)CCC(=O)N1. The summed E-state index contributed by atoms with van der Waals surface area (Å²) in [4.78, 5) is 13.3. The number of benzene rings is 1. The number of nitrogens with one attached hydrogen (secondary N) is 1. The Bertz CT molecular complexity index is 635. The molecule has 2 aromatic rings. The predicted molar refractivity (Wildman–Crippen MR) is 80.0 cm³/mol. The first kappa shape index (κ1) is 13.8. The maximum absolute atomic E-state index is 11.6. The minimum Gasteiger partial charge on any atom is -0.350 e. The fraction of sp³-hybridized carbons (Fsp3) is 0.438. The summed E-state index contributed by atoms with van der Waals surface area (Å²) >= 11 is 0. The quantitative estimate of drug-likeness (QED) is 0.935. The molecule has 1 aliphatic heterocycles. The zero-order chi connectivity index (χ0) is 14.9. The zero-order valence-electron chi connectivity index (χ0n) is 12.4. The van der Waals surface area contributed by atoms with Crippen LogP contribution in [-0.4, -0.2) is 26.4 Å². The van der Waals surface area contributed by atoms with Crippen molar-refractivity contribution in [3.05, 3.63) is 42.2 Å². The van der Waals surface area contributed by atoms with E-state index >= 15 is 0 Å². The average molecular weight is 284 g/mol. The molecule has 1 amide bonds. The van der Waals surface area contributed by atoms with Crippen LogP contribution in [0.1, 0.15) is 32.4 Å². The van der Waals surface area contributed by atoms with Gasteiger partial charge in [-0.15, -0.1) is 0 Å². The molecule has 1 unspecified atom stereocenters. The Kier molecular flexibility index (Phi) is 3.49. The molecule has 1 N–H and O–H groups in total. The lowest BCUT2D eigenvalue weighted by atomic mass is 9.81. The summed E-state index contributed by atoms with van der Waals surface area (Å²) in [6.45, 7) is 4.29. The summed E-state index contributed by atoms with van der Waals surface area (Å²) in [7, 11) is 0. The zero-order valence-corrected chi connectivity index (χ0v) is 12.4. The van der Waals surface area contributed by atoms with Gasteiger partial charge in [0.05, 0.1) is 17.6 Å². The minimum atomic E-state index is -0.186. The van der Waals surface area contributed by atoms with E-state index in [-0.39, 0.29) is 11.4 Å². The third-order valence-corrected chi connectivity index (χ3v) is 4.31. The van der Waals surface area contributed by atoms with Crippen LogP contribution in [0.5, 0.6) is 0 Å². The van der Waals surface area contributed by atoms with Crippen LogP contribution in [0.4, 0.5) is 0 Å². The van der Waals surface area contributed by atoms with Crippen LogP contribution in [0.2, 0.25) is 0 Å². The van der Waals surface area contributed by atoms with Gasteiger partial charge in [0.15, 0.2) is 0 Å². The largest absolute Gasteiger partial charge is 0.350 e. The number of hydrogen-bond donors (Lipinski definition) is 1. The molecule has 110 valence electrons. The van der Waals surface area contributed by atoms with Gasteiger partial charge >= 0.3 is 0 Å². The Labute approximate surface area is 124 Å². The van der Waals surface area contributed by atoms with Crippen molar-refractivity contribution in [3.8, 4) is 5.69 Å². The summed E-state index contributed by atoms with van der Waals surface area (Å²) in [5.41, 5.74) is 1.67. The molecule has 0 aliphatic carbocycles. The molecule has 1 aromatic heterocycles. The molecular formula is C16H20N4O. The van der Waals surface area contributed by atoms with E-state index in [1.807, 2.05) is 30.3 Å². The summed E-state index contributed by atoms with van der Waals surface area (Å²) in [6.07, 6.45) is 3.98. The van der Waals surface area contributed by atoms with E-state index in [1.165, 1.54) is 0 Å². The molecule has 5 heteroatoms. The third kappa shape index (κ3) is 2.68. The topological polar surface area (TPSA) is 59.8 Å². The van der Waals surface area contributed by atoms with Crippen LogP contribution in [-0.2, 0) is 11.2 Å². The second-order valence-electron chi connectivity index (χ2n) is 6.00. The van der Waals surface area contributed by atoms with E-state index < -0.39 is 0 Å². The standard InChI is InChI=1S/C16H20N4O/c1-12(2)16(9-8-15(21)18-16)10-13-11-17-20(19-13)14-6-4-3-5-7-14/h3-7,11-12H,8-10H2,1-2H3,(H,18,21). The van der Waals surface area contributed by atoms with Crippen molar-refractivity contribution in [2.45, 2.75) is 38.6 Å². The molecule has 1 fully saturated rings. The lowest BCUT2D eigenvalue weighted by Crippen LogP contribution is -2.48. The summed E-state index contributed by atoms with van der Waals surface area (Å²) < 4.78 is 0. The van der Waals surface area contributed by atoms with Crippen LogP contribution >= 0.6 is 0 Å². The highest BCUT2D eigenvalue weighted by molar-refractivity contribution is 5.79. The Hall–Kier alpha value is -2.17. The first-order valence-corrected chi connectivity index (χ1v) is 7.37. The Morgan fingerprint density at radius 1 is 1.33 bits per heavy atom. The van der Waals surface area contributed by atoms with Crippen molar-refractivity contribution in [2.24, 2.45) is 5.92 Å². The first-order valence-electron chi connectivity index (χ1n) is 7.37. The van der Waals surface area contributed by atoms with Crippen LogP contribution in [0.25, 0.3) is 5.69 Å². The van der Waals surface area contributed by atoms with Crippen LogP contribution < -0.4 is 5.32 Å². The van der Waals surface area contributed by atoms with Crippen molar-refractivity contribution in [2.75, 3.05) is 0 Å². The molecule has 5 nitrogen and oxygen atoms in total. The molecule has 0 spiro atoms. The maximum Gasteiger partial charge on any atom is 0.220 e. The van der Waals surface area contributed by atoms with Crippen molar-refractivity contribution >= 4 is 5.91 Å². The molecule has 1 atom stereocenters. The molecule has 1 aromatic carbocycles. The predicted octanol–water partition coefficient (Wildman–Crippen LogP) is 2.11. The van der Waals surface area contributed by atoms with Gasteiger partial charge in [-0.2, -0.15) is 15.0 Å². The van der Waals surface area contributed by atoms with E-state index in [9.17, 15) is 4.79 Å². The molecule has 2 heterocycles. The van der Waals surface area contributed by atoms with Gasteiger partial charge in [0.25, 0.3) is 0 Å². The van der Waals surface area contributed by atoms with Gasteiger partial charge in [-0.05, 0) is 24.5 Å². The highest BCUT2D eigenvalue weighted by atomic mass is 16.2. The van der Waals surface area contributed by atoms with Gasteiger partial charge in [0, 0.05) is 18.4 Å². The Morgan fingerprint density at radius 3 is 2.71 bits per heavy atom. The summed E-state index contributed by atoms with van der Waals surface area (Å²) in [5, 5.41) is 12.0. The minimum absolute atomic E-state index is 0.138. The number of carbonyl (C=O) groups excluding carboxylic acids is 1. The van der Waals surface area contributed by atoms with Crippen LogP contribution in [0, 0.1) is 5.92 Å². The molecule has 0 radical (unpaired) electrons. The van der Waals surface area contributed by atoms with Gasteiger partial charge in [0.2, 0.25) is 5.91 Å². The molecule has 3 rings (SSSR count).